The highest BCUT2D eigenvalue weighted by atomic mass is 16.6. The lowest BCUT2D eigenvalue weighted by Crippen LogP contribution is -2.57. The van der Waals surface area contributed by atoms with Gasteiger partial charge in [0.25, 0.3) is 0 Å². The van der Waals surface area contributed by atoms with Crippen molar-refractivity contribution in [2.45, 2.75) is 65.1 Å². The van der Waals surface area contributed by atoms with Gasteiger partial charge >= 0.3 is 11.9 Å². The number of hydrogen-bond donors (Lipinski definition) is 2. The Kier molecular flexibility index (Phi) is 5.74. The maximum Gasteiger partial charge on any atom is 0.337 e. The van der Waals surface area contributed by atoms with E-state index < -0.39 is 29.6 Å². The first-order valence-electron chi connectivity index (χ1n) is 10.1. The van der Waals surface area contributed by atoms with Gasteiger partial charge in [-0.15, -0.1) is 0 Å². The van der Waals surface area contributed by atoms with Gasteiger partial charge in [0, 0.05) is 12.3 Å². The fourth-order valence-electron chi connectivity index (χ4n) is 5.85. The summed E-state index contributed by atoms with van der Waals surface area (Å²) in [5.74, 6) is -0.581. The van der Waals surface area contributed by atoms with Crippen LogP contribution in [0.2, 0.25) is 0 Å². The SMILES string of the molecule is C=C1CC[C@H]2[C@@](C)(CCC(O)[C@@]2(C)CO)[C@@H]1C/C=C1/C(=O)OC[C@H]1OC(C)=O. The van der Waals surface area contributed by atoms with Crippen LogP contribution in [0.1, 0.15) is 52.9 Å². The summed E-state index contributed by atoms with van der Waals surface area (Å²) in [7, 11) is 0. The molecule has 1 saturated heterocycles. The number of cyclic esters (lactones) is 1. The Balaban J connectivity index is 1.87. The molecule has 6 heteroatoms. The Hall–Kier alpha value is -1.66. The number of fused-ring (bicyclic) bond motifs is 1. The summed E-state index contributed by atoms with van der Waals surface area (Å²) in [6.45, 7) is 9.84. The summed E-state index contributed by atoms with van der Waals surface area (Å²) >= 11 is 0. The van der Waals surface area contributed by atoms with Gasteiger partial charge in [-0.3, -0.25) is 4.79 Å². The maximum absolute atomic E-state index is 12.1. The molecule has 156 valence electrons. The van der Waals surface area contributed by atoms with Gasteiger partial charge in [-0.1, -0.05) is 32.1 Å². The second-order valence-corrected chi connectivity index (χ2v) is 9.12. The standard InChI is InChI=1S/C22H32O6/c1-13-5-8-18-21(3,10-9-19(25)22(18,4)12-23)16(13)7-6-15-17(28-14(2)24)11-27-20(15)26/h6,16-19,23,25H,1,5,7-12H2,2-4H3/b15-6+/t16-,17-,18+,19?,21+,22+/m1/s1. The highest BCUT2D eigenvalue weighted by Gasteiger charge is 2.57. The van der Waals surface area contributed by atoms with Crippen LogP contribution in [0.4, 0.5) is 0 Å². The van der Waals surface area contributed by atoms with Gasteiger partial charge in [0.05, 0.1) is 18.3 Å². The van der Waals surface area contributed by atoms with E-state index in [4.69, 9.17) is 9.47 Å². The van der Waals surface area contributed by atoms with Crippen molar-refractivity contribution in [3.63, 3.8) is 0 Å². The van der Waals surface area contributed by atoms with Crippen LogP contribution in [0.15, 0.2) is 23.8 Å². The molecule has 0 amide bonds. The summed E-state index contributed by atoms with van der Waals surface area (Å²) in [5, 5.41) is 20.7. The van der Waals surface area contributed by atoms with Crippen LogP contribution in [-0.2, 0) is 19.1 Å². The van der Waals surface area contributed by atoms with Crippen LogP contribution in [0.5, 0.6) is 0 Å². The van der Waals surface area contributed by atoms with Crippen LogP contribution in [0.3, 0.4) is 0 Å². The number of carbonyl (C=O) groups is 2. The van der Waals surface area contributed by atoms with Crippen LogP contribution < -0.4 is 0 Å². The van der Waals surface area contributed by atoms with Crippen molar-refractivity contribution in [1.82, 2.24) is 0 Å². The molecule has 2 saturated carbocycles. The number of esters is 2. The topological polar surface area (TPSA) is 93.1 Å². The van der Waals surface area contributed by atoms with Crippen LogP contribution in [0, 0.1) is 22.7 Å². The van der Waals surface area contributed by atoms with Crippen molar-refractivity contribution in [3.05, 3.63) is 23.8 Å². The number of rotatable bonds is 4. The number of hydrogen-bond acceptors (Lipinski definition) is 6. The van der Waals surface area contributed by atoms with E-state index in [1.165, 1.54) is 6.92 Å². The molecule has 0 radical (unpaired) electrons. The molecule has 0 bridgehead atoms. The third kappa shape index (κ3) is 3.41. The van der Waals surface area contributed by atoms with E-state index in [2.05, 4.69) is 13.5 Å². The van der Waals surface area contributed by atoms with E-state index in [0.717, 1.165) is 24.8 Å². The zero-order valence-corrected chi connectivity index (χ0v) is 17.1. The van der Waals surface area contributed by atoms with Crippen molar-refractivity contribution in [3.8, 4) is 0 Å². The third-order valence-electron chi connectivity index (χ3n) is 7.52. The van der Waals surface area contributed by atoms with Crippen molar-refractivity contribution < 1.29 is 29.3 Å². The quantitative estimate of drug-likeness (QED) is 0.434. The molecule has 3 fully saturated rings. The molecular weight excluding hydrogens is 360 g/mol. The zero-order chi connectivity index (χ0) is 20.7. The second kappa shape index (κ2) is 7.64. The largest absolute Gasteiger partial charge is 0.458 e. The Morgan fingerprint density at radius 3 is 2.75 bits per heavy atom. The smallest absolute Gasteiger partial charge is 0.337 e. The minimum Gasteiger partial charge on any atom is -0.458 e. The van der Waals surface area contributed by atoms with Gasteiger partial charge in [0.15, 0.2) is 6.10 Å². The number of allylic oxidation sites excluding steroid dienone is 2. The predicted octanol–water partition coefficient (Wildman–Crippen LogP) is 2.53. The molecule has 0 spiro atoms. The normalized spacial score (nSPS) is 42.2. The lowest BCUT2D eigenvalue weighted by atomic mass is 9.46. The molecule has 2 aliphatic carbocycles. The Bertz CT molecular complexity index is 697. The second-order valence-electron chi connectivity index (χ2n) is 9.12. The lowest BCUT2D eigenvalue weighted by molar-refractivity contribution is -0.151. The molecule has 0 aromatic heterocycles. The Morgan fingerprint density at radius 1 is 1.39 bits per heavy atom. The summed E-state index contributed by atoms with van der Waals surface area (Å²) in [5.41, 5.74) is 0.881. The van der Waals surface area contributed by atoms with Crippen molar-refractivity contribution in [2.75, 3.05) is 13.2 Å². The average molecular weight is 392 g/mol. The summed E-state index contributed by atoms with van der Waals surface area (Å²) in [4.78, 5) is 23.4. The molecular formula is C22H32O6. The number of aliphatic hydroxyl groups is 2. The van der Waals surface area contributed by atoms with Gasteiger partial charge in [-0.25, -0.2) is 4.79 Å². The van der Waals surface area contributed by atoms with Crippen molar-refractivity contribution in [1.29, 1.82) is 0 Å². The molecule has 28 heavy (non-hydrogen) atoms. The predicted molar refractivity (Wildman–Crippen MR) is 103 cm³/mol. The molecule has 6 nitrogen and oxygen atoms in total. The zero-order valence-electron chi connectivity index (χ0n) is 17.1. The molecule has 0 aromatic rings. The fourth-order valence-corrected chi connectivity index (χ4v) is 5.85. The third-order valence-corrected chi connectivity index (χ3v) is 7.52. The minimum atomic E-state index is -0.652. The van der Waals surface area contributed by atoms with Crippen LogP contribution >= 0.6 is 0 Å². The molecule has 1 unspecified atom stereocenters. The van der Waals surface area contributed by atoms with E-state index >= 15 is 0 Å². The van der Waals surface area contributed by atoms with E-state index in [1.807, 2.05) is 13.0 Å². The van der Waals surface area contributed by atoms with Crippen LogP contribution in [0.25, 0.3) is 0 Å². The molecule has 1 heterocycles. The Morgan fingerprint density at radius 2 is 2.11 bits per heavy atom. The van der Waals surface area contributed by atoms with Gasteiger partial charge in [-0.05, 0) is 49.4 Å². The number of carbonyl (C=O) groups excluding carboxylic acids is 2. The maximum atomic E-state index is 12.1. The van der Waals surface area contributed by atoms with Gasteiger partial charge in [0.2, 0.25) is 0 Å². The minimum absolute atomic E-state index is 0.0461. The fraction of sp³-hybridized carbons (Fsp3) is 0.727. The molecule has 0 aromatic carbocycles. The number of aliphatic hydroxyl groups excluding tert-OH is 2. The monoisotopic (exact) mass is 392 g/mol. The first-order valence-corrected chi connectivity index (χ1v) is 10.1. The first-order chi connectivity index (χ1) is 13.1. The van der Waals surface area contributed by atoms with E-state index in [-0.39, 0.29) is 30.5 Å². The van der Waals surface area contributed by atoms with Gasteiger partial charge in [0.1, 0.15) is 6.61 Å². The summed E-state index contributed by atoms with van der Waals surface area (Å²) in [6, 6.07) is 0. The molecule has 3 aliphatic rings. The highest BCUT2D eigenvalue weighted by molar-refractivity contribution is 5.92. The highest BCUT2D eigenvalue weighted by Crippen LogP contribution is 2.61. The number of ether oxygens (including phenoxy) is 2. The summed E-state index contributed by atoms with van der Waals surface area (Å²) < 4.78 is 10.3. The Labute approximate surface area is 166 Å². The van der Waals surface area contributed by atoms with Crippen molar-refractivity contribution >= 4 is 11.9 Å². The molecule has 6 atom stereocenters. The van der Waals surface area contributed by atoms with E-state index in [0.29, 0.717) is 18.4 Å². The molecule has 1 aliphatic heterocycles. The first kappa shape index (κ1) is 21.1. The van der Waals surface area contributed by atoms with Gasteiger partial charge < -0.3 is 19.7 Å². The van der Waals surface area contributed by atoms with Crippen molar-refractivity contribution in [2.24, 2.45) is 22.7 Å². The lowest BCUT2D eigenvalue weighted by Gasteiger charge is -2.59. The van der Waals surface area contributed by atoms with E-state index in [9.17, 15) is 19.8 Å². The molecule has 2 N–H and O–H groups in total. The summed E-state index contributed by atoms with van der Waals surface area (Å²) in [6.07, 6.45) is 4.50. The van der Waals surface area contributed by atoms with E-state index in [1.54, 1.807) is 0 Å². The molecule has 3 rings (SSSR count). The van der Waals surface area contributed by atoms with Gasteiger partial charge in [-0.2, -0.15) is 0 Å². The van der Waals surface area contributed by atoms with Crippen LogP contribution in [-0.4, -0.2) is 47.6 Å². The average Bonchev–Trinajstić information content (AvgIpc) is 2.97.